The van der Waals surface area contributed by atoms with Crippen molar-refractivity contribution in [3.63, 3.8) is 0 Å². The first-order valence-corrected chi connectivity index (χ1v) is 6.92. The SMILES string of the molecule is O=[N+]([O-])c1ccc2sc(OC[C@@H]3CCNC3)nc2c1. The van der Waals surface area contributed by atoms with E-state index in [9.17, 15) is 10.1 Å². The van der Waals surface area contributed by atoms with Gasteiger partial charge in [-0.3, -0.25) is 10.1 Å². The smallest absolute Gasteiger partial charge is 0.274 e. The van der Waals surface area contributed by atoms with Crippen molar-refractivity contribution in [2.75, 3.05) is 19.7 Å². The minimum absolute atomic E-state index is 0.0596. The Morgan fingerprint density at radius 1 is 1.58 bits per heavy atom. The van der Waals surface area contributed by atoms with Gasteiger partial charge in [-0.25, -0.2) is 4.98 Å². The molecular formula is C12H13N3O3S. The summed E-state index contributed by atoms with van der Waals surface area (Å²) in [6, 6.07) is 4.69. The zero-order valence-corrected chi connectivity index (χ0v) is 11.0. The van der Waals surface area contributed by atoms with E-state index in [-0.39, 0.29) is 5.69 Å². The van der Waals surface area contributed by atoms with Gasteiger partial charge in [0.15, 0.2) is 0 Å². The highest BCUT2D eigenvalue weighted by Crippen LogP contribution is 2.30. The summed E-state index contributed by atoms with van der Waals surface area (Å²) >= 11 is 1.42. The second-order valence-electron chi connectivity index (χ2n) is 4.56. The number of benzene rings is 1. The molecule has 6 nitrogen and oxygen atoms in total. The monoisotopic (exact) mass is 279 g/mol. The van der Waals surface area contributed by atoms with Gasteiger partial charge in [-0.2, -0.15) is 0 Å². The second-order valence-corrected chi connectivity index (χ2v) is 5.55. The van der Waals surface area contributed by atoms with Gasteiger partial charge in [-0.15, -0.1) is 0 Å². The molecule has 0 radical (unpaired) electrons. The topological polar surface area (TPSA) is 77.3 Å². The lowest BCUT2D eigenvalue weighted by Crippen LogP contribution is -2.15. The number of fused-ring (bicyclic) bond motifs is 1. The maximum Gasteiger partial charge on any atom is 0.274 e. The first-order valence-electron chi connectivity index (χ1n) is 6.11. The average molecular weight is 279 g/mol. The van der Waals surface area contributed by atoms with Gasteiger partial charge >= 0.3 is 0 Å². The van der Waals surface area contributed by atoms with Gasteiger partial charge in [0.1, 0.15) is 0 Å². The molecule has 1 atom stereocenters. The van der Waals surface area contributed by atoms with Gasteiger partial charge in [0.2, 0.25) is 0 Å². The van der Waals surface area contributed by atoms with Crippen molar-refractivity contribution >= 4 is 27.2 Å². The Balaban J connectivity index is 1.75. The maximum absolute atomic E-state index is 10.7. The van der Waals surface area contributed by atoms with Gasteiger partial charge < -0.3 is 10.1 Å². The molecule has 100 valence electrons. The molecule has 2 heterocycles. The van der Waals surface area contributed by atoms with Crippen LogP contribution < -0.4 is 10.1 Å². The van der Waals surface area contributed by atoms with Crippen molar-refractivity contribution in [3.8, 4) is 5.19 Å². The normalized spacial score (nSPS) is 18.8. The Morgan fingerprint density at radius 3 is 3.21 bits per heavy atom. The van der Waals surface area contributed by atoms with Crippen LogP contribution in [0.5, 0.6) is 5.19 Å². The Kier molecular flexibility index (Phi) is 3.31. The lowest BCUT2D eigenvalue weighted by Gasteiger charge is -2.07. The van der Waals surface area contributed by atoms with Crippen molar-refractivity contribution < 1.29 is 9.66 Å². The molecular weight excluding hydrogens is 266 g/mol. The zero-order valence-electron chi connectivity index (χ0n) is 10.2. The van der Waals surface area contributed by atoms with Crippen molar-refractivity contribution in [2.45, 2.75) is 6.42 Å². The van der Waals surface area contributed by atoms with Crippen molar-refractivity contribution in [2.24, 2.45) is 5.92 Å². The van der Waals surface area contributed by atoms with E-state index in [1.807, 2.05) is 0 Å². The van der Waals surface area contributed by atoms with Crippen LogP contribution >= 0.6 is 11.3 Å². The number of nitro groups is 1. The highest BCUT2D eigenvalue weighted by Gasteiger charge is 2.16. The second kappa shape index (κ2) is 5.10. The highest BCUT2D eigenvalue weighted by atomic mass is 32.1. The molecule has 0 spiro atoms. The molecule has 19 heavy (non-hydrogen) atoms. The molecule has 2 aromatic rings. The van der Waals surface area contributed by atoms with E-state index in [0.717, 1.165) is 24.2 Å². The van der Waals surface area contributed by atoms with Gasteiger partial charge in [-0.1, -0.05) is 11.3 Å². The number of thiazole rings is 1. The van der Waals surface area contributed by atoms with Gasteiger partial charge in [0.25, 0.3) is 10.9 Å². The van der Waals surface area contributed by atoms with E-state index in [1.54, 1.807) is 6.07 Å². The van der Waals surface area contributed by atoms with Gasteiger partial charge in [0.05, 0.1) is 21.7 Å². The van der Waals surface area contributed by atoms with Crippen LogP contribution in [0.2, 0.25) is 0 Å². The van der Waals surface area contributed by atoms with Crippen LogP contribution in [-0.4, -0.2) is 29.6 Å². The van der Waals surface area contributed by atoms with Gasteiger partial charge in [0, 0.05) is 24.6 Å². The fourth-order valence-corrected chi connectivity index (χ4v) is 2.92. The molecule has 1 aliphatic rings. The molecule has 3 rings (SSSR count). The molecule has 1 aromatic carbocycles. The third kappa shape index (κ3) is 2.66. The van der Waals surface area contributed by atoms with E-state index in [0.29, 0.717) is 23.2 Å². The molecule has 1 aliphatic heterocycles. The minimum Gasteiger partial charge on any atom is -0.470 e. The molecule has 7 heteroatoms. The van der Waals surface area contributed by atoms with Crippen LogP contribution in [0.1, 0.15) is 6.42 Å². The molecule has 0 amide bonds. The highest BCUT2D eigenvalue weighted by molar-refractivity contribution is 7.20. The summed E-state index contributed by atoms with van der Waals surface area (Å²) in [5.74, 6) is 0.529. The molecule has 1 N–H and O–H groups in total. The number of ether oxygens (including phenoxy) is 1. The zero-order chi connectivity index (χ0) is 13.2. The fourth-order valence-electron chi connectivity index (χ4n) is 2.12. The molecule has 1 saturated heterocycles. The summed E-state index contributed by atoms with van der Waals surface area (Å²) in [5, 5.41) is 14.6. The van der Waals surface area contributed by atoms with Crippen LogP contribution in [0.3, 0.4) is 0 Å². The number of aromatic nitrogens is 1. The lowest BCUT2D eigenvalue weighted by molar-refractivity contribution is -0.384. The Labute approximate surface area is 113 Å². The standard InChI is InChI=1S/C12H13N3O3S/c16-15(17)9-1-2-11-10(5-9)14-12(19-11)18-7-8-3-4-13-6-8/h1-2,5,8,13H,3-4,6-7H2/t8-/m1/s1. The summed E-state index contributed by atoms with van der Waals surface area (Å²) in [6.45, 7) is 2.67. The summed E-state index contributed by atoms with van der Waals surface area (Å²) in [5.41, 5.74) is 0.683. The summed E-state index contributed by atoms with van der Waals surface area (Å²) in [4.78, 5) is 14.6. The Morgan fingerprint density at radius 2 is 2.47 bits per heavy atom. The number of hydrogen-bond donors (Lipinski definition) is 1. The molecule has 1 fully saturated rings. The van der Waals surface area contributed by atoms with E-state index in [4.69, 9.17) is 4.74 Å². The maximum atomic E-state index is 10.7. The van der Waals surface area contributed by atoms with E-state index < -0.39 is 4.92 Å². The van der Waals surface area contributed by atoms with Crippen molar-refractivity contribution in [3.05, 3.63) is 28.3 Å². The third-order valence-corrected chi connectivity index (χ3v) is 4.12. The van der Waals surface area contributed by atoms with E-state index in [1.165, 1.54) is 23.5 Å². The van der Waals surface area contributed by atoms with Crippen LogP contribution in [-0.2, 0) is 0 Å². The number of nitro benzene ring substituents is 1. The number of nitrogens with one attached hydrogen (secondary N) is 1. The number of hydrogen-bond acceptors (Lipinski definition) is 6. The molecule has 0 unspecified atom stereocenters. The Bertz CT molecular complexity index is 607. The Hall–Kier alpha value is -1.73. The summed E-state index contributed by atoms with van der Waals surface area (Å²) in [7, 11) is 0. The van der Waals surface area contributed by atoms with E-state index in [2.05, 4.69) is 10.3 Å². The van der Waals surface area contributed by atoms with E-state index >= 15 is 0 Å². The minimum atomic E-state index is -0.413. The van der Waals surface area contributed by atoms with Crippen LogP contribution in [0.25, 0.3) is 10.2 Å². The van der Waals surface area contributed by atoms with Gasteiger partial charge in [-0.05, 0) is 19.0 Å². The molecule has 0 aliphatic carbocycles. The predicted octanol–water partition coefficient (Wildman–Crippen LogP) is 2.19. The number of nitrogens with zero attached hydrogens (tertiary/aromatic N) is 2. The quantitative estimate of drug-likeness (QED) is 0.685. The number of rotatable bonds is 4. The third-order valence-electron chi connectivity index (χ3n) is 3.17. The summed E-state index contributed by atoms with van der Waals surface area (Å²) in [6.07, 6.45) is 1.12. The van der Waals surface area contributed by atoms with Crippen LogP contribution in [0.4, 0.5) is 5.69 Å². The predicted molar refractivity (Wildman–Crippen MR) is 72.7 cm³/mol. The average Bonchev–Trinajstić information content (AvgIpc) is 3.04. The van der Waals surface area contributed by atoms with Crippen LogP contribution in [0, 0.1) is 16.0 Å². The largest absolute Gasteiger partial charge is 0.470 e. The lowest BCUT2D eigenvalue weighted by atomic mass is 10.1. The molecule has 0 saturated carbocycles. The first-order chi connectivity index (χ1) is 9.22. The number of non-ortho nitro benzene ring substituents is 1. The first kappa shape index (κ1) is 12.3. The van der Waals surface area contributed by atoms with Crippen LogP contribution in [0.15, 0.2) is 18.2 Å². The van der Waals surface area contributed by atoms with Crippen molar-refractivity contribution in [1.29, 1.82) is 0 Å². The summed E-state index contributed by atoms with van der Waals surface area (Å²) < 4.78 is 6.58. The fraction of sp³-hybridized carbons (Fsp3) is 0.417. The van der Waals surface area contributed by atoms with Crippen molar-refractivity contribution in [1.82, 2.24) is 10.3 Å². The molecule has 0 bridgehead atoms. The molecule has 1 aromatic heterocycles.